The third-order valence-electron chi connectivity index (χ3n) is 6.50. The van der Waals surface area contributed by atoms with Crippen molar-refractivity contribution in [1.82, 2.24) is 14.5 Å². The van der Waals surface area contributed by atoms with Crippen molar-refractivity contribution in [3.8, 4) is 0 Å². The van der Waals surface area contributed by atoms with E-state index in [-0.39, 0.29) is 17.9 Å². The molecule has 0 bridgehead atoms. The van der Waals surface area contributed by atoms with Crippen molar-refractivity contribution < 1.29 is 4.79 Å². The summed E-state index contributed by atoms with van der Waals surface area (Å²) in [5, 5.41) is 1.21. The van der Waals surface area contributed by atoms with Gasteiger partial charge in [0.05, 0.1) is 22.1 Å². The molecule has 2 aromatic heterocycles. The van der Waals surface area contributed by atoms with Gasteiger partial charge in [-0.05, 0) is 42.8 Å². The molecule has 3 aromatic carbocycles. The van der Waals surface area contributed by atoms with Gasteiger partial charge in [0.1, 0.15) is 6.54 Å². The highest BCUT2D eigenvalue weighted by molar-refractivity contribution is 6.00. The number of rotatable bonds is 2. The lowest BCUT2D eigenvalue weighted by molar-refractivity contribution is -0.119. The van der Waals surface area contributed by atoms with Crippen LogP contribution in [0.2, 0.25) is 0 Å². The Morgan fingerprint density at radius 1 is 0.794 bits per heavy atom. The van der Waals surface area contributed by atoms with Crippen LogP contribution in [0.25, 0.3) is 32.8 Å². The van der Waals surface area contributed by atoms with Crippen LogP contribution in [0.15, 0.2) is 77.6 Å². The Labute approximate surface area is 195 Å². The SMILES string of the molecule is CN1CCCN(C(=O)Cn2c3ccccc3c(=O)c3ccccc32)c2nc3ccccc3nc21. The molecule has 0 saturated heterocycles. The molecule has 34 heavy (non-hydrogen) atoms. The minimum absolute atomic E-state index is 0.0195. The Morgan fingerprint density at radius 3 is 2.00 bits per heavy atom. The Balaban J connectivity index is 1.50. The summed E-state index contributed by atoms with van der Waals surface area (Å²) in [7, 11) is 1.99. The number of para-hydroxylation sites is 4. The fourth-order valence-electron chi connectivity index (χ4n) is 4.81. The molecule has 1 aliphatic heterocycles. The number of benzene rings is 3. The average Bonchev–Trinajstić information content (AvgIpc) is 3.03. The quantitative estimate of drug-likeness (QED) is 0.382. The van der Waals surface area contributed by atoms with Crippen LogP contribution in [0.3, 0.4) is 0 Å². The number of hydrogen-bond acceptors (Lipinski definition) is 5. The number of carbonyl (C=O) groups is 1. The van der Waals surface area contributed by atoms with Crippen LogP contribution in [0, 0.1) is 0 Å². The van der Waals surface area contributed by atoms with Crippen LogP contribution in [-0.2, 0) is 11.3 Å². The van der Waals surface area contributed by atoms with E-state index in [0.717, 1.165) is 35.0 Å². The molecule has 1 aliphatic rings. The number of nitrogens with zero attached hydrogens (tertiary/aromatic N) is 5. The molecule has 7 heteroatoms. The molecular weight excluding hydrogens is 426 g/mol. The van der Waals surface area contributed by atoms with Crippen LogP contribution in [0.5, 0.6) is 0 Å². The highest BCUT2D eigenvalue weighted by atomic mass is 16.2. The van der Waals surface area contributed by atoms with Crippen molar-refractivity contribution >= 4 is 50.4 Å². The standard InChI is InChI=1S/C27H23N5O2/c1-30-15-8-16-31(27-26(30)28-20-11-4-5-12-21(20)29-27)24(33)17-32-22-13-6-2-9-18(22)25(34)19-10-3-7-14-23(19)32/h2-7,9-14H,8,15-17H2,1H3. The summed E-state index contributed by atoms with van der Waals surface area (Å²) in [4.78, 5) is 40.4. The monoisotopic (exact) mass is 449 g/mol. The molecule has 3 heterocycles. The summed E-state index contributed by atoms with van der Waals surface area (Å²) >= 11 is 0. The second-order valence-corrected chi connectivity index (χ2v) is 8.63. The van der Waals surface area contributed by atoms with Gasteiger partial charge in [-0.3, -0.25) is 14.5 Å². The van der Waals surface area contributed by atoms with Crippen molar-refractivity contribution in [2.45, 2.75) is 13.0 Å². The first-order valence-electron chi connectivity index (χ1n) is 11.4. The highest BCUT2D eigenvalue weighted by Crippen LogP contribution is 2.30. The first-order chi connectivity index (χ1) is 16.6. The zero-order valence-electron chi connectivity index (χ0n) is 18.8. The van der Waals surface area contributed by atoms with Gasteiger partial charge in [0, 0.05) is 30.9 Å². The van der Waals surface area contributed by atoms with Gasteiger partial charge in [-0.2, -0.15) is 0 Å². The van der Waals surface area contributed by atoms with E-state index in [2.05, 4.69) is 4.90 Å². The van der Waals surface area contributed by atoms with Gasteiger partial charge < -0.3 is 9.47 Å². The maximum atomic E-state index is 13.8. The fraction of sp³-hybridized carbons (Fsp3) is 0.185. The first-order valence-corrected chi connectivity index (χ1v) is 11.4. The molecular formula is C27H23N5O2. The molecule has 6 rings (SSSR count). The van der Waals surface area contributed by atoms with E-state index in [1.165, 1.54) is 0 Å². The van der Waals surface area contributed by atoms with E-state index in [1.54, 1.807) is 4.90 Å². The minimum Gasteiger partial charge on any atom is -0.357 e. The topological polar surface area (TPSA) is 71.3 Å². The predicted octanol–water partition coefficient (Wildman–Crippen LogP) is 3.97. The Bertz CT molecular complexity index is 1580. The average molecular weight is 450 g/mol. The molecule has 5 aromatic rings. The van der Waals surface area contributed by atoms with Crippen molar-refractivity contribution in [2.75, 3.05) is 29.9 Å². The number of aromatic nitrogens is 3. The smallest absolute Gasteiger partial charge is 0.248 e. The molecule has 0 spiro atoms. The summed E-state index contributed by atoms with van der Waals surface area (Å²) in [6.45, 7) is 1.44. The third kappa shape index (κ3) is 3.20. The number of pyridine rings is 1. The summed E-state index contributed by atoms with van der Waals surface area (Å²) in [5.41, 5.74) is 3.04. The molecule has 168 valence electrons. The van der Waals surface area contributed by atoms with E-state index < -0.39 is 0 Å². The van der Waals surface area contributed by atoms with Gasteiger partial charge in [-0.25, -0.2) is 9.97 Å². The van der Waals surface area contributed by atoms with Crippen molar-refractivity contribution in [3.63, 3.8) is 0 Å². The second-order valence-electron chi connectivity index (χ2n) is 8.63. The van der Waals surface area contributed by atoms with Crippen LogP contribution < -0.4 is 15.2 Å². The van der Waals surface area contributed by atoms with Gasteiger partial charge in [0.2, 0.25) is 5.91 Å². The second kappa shape index (κ2) is 7.95. The summed E-state index contributed by atoms with van der Waals surface area (Å²) in [5.74, 6) is 1.21. The van der Waals surface area contributed by atoms with Crippen LogP contribution in [0.4, 0.5) is 11.6 Å². The first kappa shape index (κ1) is 20.4. The van der Waals surface area contributed by atoms with Gasteiger partial charge in [0.15, 0.2) is 17.1 Å². The van der Waals surface area contributed by atoms with Gasteiger partial charge >= 0.3 is 0 Å². The molecule has 0 N–H and O–H groups in total. The number of hydrogen-bond donors (Lipinski definition) is 0. The maximum Gasteiger partial charge on any atom is 0.248 e. The largest absolute Gasteiger partial charge is 0.357 e. The minimum atomic E-state index is -0.0833. The number of amides is 1. The van der Waals surface area contributed by atoms with Gasteiger partial charge in [0.25, 0.3) is 0 Å². The van der Waals surface area contributed by atoms with E-state index in [0.29, 0.717) is 29.0 Å². The molecule has 0 aliphatic carbocycles. The Hall–Kier alpha value is -4.26. The summed E-state index contributed by atoms with van der Waals surface area (Å²) in [6.07, 6.45) is 0.808. The fourth-order valence-corrected chi connectivity index (χ4v) is 4.81. The number of anilines is 2. The Kier molecular flexibility index (Phi) is 4.76. The molecule has 1 amide bonds. The zero-order valence-corrected chi connectivity index (χ0v) is 18.8. The number of fused-ring (bicyclic) bond motifs is 4. The van der Waals surface area contributed by atoms with E-state index in [1.807, 2.05) is 84.4 Å². The molecule has 0 saturated carbocycles. The molecule has 0 radical (unpaired) electrons. The lowest BCUT2D eigenvalue weighted by atomic mass is 10.1. The van der Waals surface area contributed by atoms with Crippen LogP contribution >= 0.6 is 0 Å². The zero-order chi connectivity index (χ0) is 23.2. The van der Waals surface area contributed by atoms with Gasteiger partial charge in [-0.15, -0.1) is 0 Å². The van der Waals surface area contributed by atoms with Crippen molar-refractivity contribution in [2.24, 2.45) is 0 Å². The maximum absolute atomic E-state index is 13.8. The normalized spacial score (nSPS) is 13.9. The lowest BCUT2D eigenvalue weighted by Gasteiger charge is -2.24. The summed E-state index contributed by atoms with van der Waals surface area (Å²) < 4.78 is 1.94. The van der Waals surface area contributed by atoms with Crippen LogP contribution in [0.1, 0.15) is 6.42 Å². The molecule has 0 unspecified atom stereocenters. The Morgan fingerprint density at radius 2 is 1.35 bits per heavy atom. The highest BCUT2D eigenvalue weighted by Gasteiger charge is 2.27. The number of carbonyl (C=O) groups excluding carboxylic acids is 1. The van der Waals surface area contributed by atoms with E-state index in [9.17, 15) is 9.59 Å². The molecule has 0 atom stereocenters. The lowest BCUT2D eigenvalue weighted by Crippen LogP contribution is -2.35. The van der Waals surface area contributed by atoms with Crippen LogP contribution in [-0.4, -0.2) is 40.6 Å². The van der Waals surface area contributed by atoms with E-state index in [4.69, 9.17) is 9.97 Å². The van der Waals surface area contributed by atoms with Crippen molar-refractivity contribution in [1.29, 1.82) is 0 Å². The van der Waals surface area contributed by atoms with Crippen molar-refractivity contribution in [3.05, 3.63) is 83.0 Å². The third-order valence-corrected chi connectivity index (χ3v) is 6.50. The predicted molar refractivity (Wildman–Crippen MR) is 135 cm³/mol. The van der Waals surface area contributed by atoms with E-state index >= 15 is 0 Å². The summed E-state index contributed by atoms with van der Waals surface area (Å²) in [6, 6.07) is 22.6. The molecule has 7 nitrogen and oxygen atoms in total. The van der Waals surface area contributed by atoms with Gasteiger partial charge in [-0.1, -0.05) is 36.4 Å². The molecule has 0 fully saturated rings.